The van der Waals surface area contributed by atoms with Crippen LogP contribution in [0.4, 0.5) is 0 Å². The van der Waals surface area contributed by atoms with Gasteiger partial charge in [0.25, 0.3) is 0 Å². The molecule has 0 spiro atoms. The molecule has 0 radical (unpaired) electrons. The van der Waals surface area contributed by atoms with Gasteiger partial charge in [0.2, 0.25) is 0 Å². The second-order valence-corrected chi connectivity index (χ2v) is 3.58. The summed E-state index contributed by atoms with van der Waals surface area (Å²) in [5.41, 5.74) is 0. The quantitative estimate of drug-likeness (QED) is 0.482. The number of rotatable bonds is 6. The van der Waals surface area contributed by atoms with E-state index < -0.39 is 0 Å². The van der Waals surface area contributed by atoms with Gasteiger partial charge < -0.3 is 5.32 Å². The zero-order valence-corrected chi connectivity index (χ0v) is 8.21. The maximum atomic E-state index is 5.12. The summed E-state index contributed by atoms with van der Waals surface area (Å²) in [5.74, 6) is 3.84. The first-order chi connectivity index (χ1) is 5.31. The van der Waals surface area contributed by atoms with E-state index in [0.29, 0.717) is 6.04 Å². The summed E-state index contributed by atoms with van der Waals surface area (Å²) in [4.78, 5) is 0. The van der Waals surface area contributed by atoms with Crippen LogP contribution in [0.1, 0.15) is 19.8 Å². The van der Waals surface area contributed by atoms with E-state index in [0.717, 1.165) is 13.0 Å². The number of terminal acetylenes is 1. The minimum Gasteiger partial charge on any atom is -0.313 e. The fourth-order valence-electron chi connectivity index (χ4n) is 0.787. The van der Waals surface area contributed by atoms with Gasteiger partial charge in [-0.3, -0.25) is 0 Å². The molecule has 0 fully saturated rings. The van der Waals surface area contributed by atoms with Crippen molar-refractivity contribution >= 4 is 11.8 Å². The third kappa shape index (κ3) is 7.77. The molecule has 0 aromatic carbocycles. The first kappa shape index (κ1) is 10.9. The fraction of sp³-hybridized carbons (Fsp3) is 0.778. The molecule has 0 aromatic rings. The van der Waals surface area contributed by atoms with Gasteiger partial charge in [0.05, 0.1) is 0 Å². The molecular formula is C9H17NS. The van der Waals surface area contributed by atoms with Crippen LogP contribution in [0.25, 0.3) is 0 Å². The molecule has 0 aliphatic heterocycles. The van der Waals surface area contributed by atoms with Crippen LogP contribution in [-0.4, -0.2) is 24.6 Å². The summed E-state index contributed by atoms with van der Waals surface area (Å²) in [6.07, 6.45) is 9.32. The van der Waals surface area contributed by atoms with E-state index in [1.807, 2.05) is 11.8 Å². The van der Waals surface area contributed by atoms with Crippen LogP contribution in [0.15, 0.2) is 0 Å². The van der Waals surface area contributed by atoms with Crippen LogP contribution in [0.5, 0.6) is 0 Å². The topological polar surface area (TPSA) is 12.0 Å². The summed E-state index contributed by atoms with van der Waals surface area (Å²) in [6, 6.07) is 0.607. The van der Waals surface area contributed by atoms with Gasteiger partial charge in [0.1, 0.15) is 0 Å². The highest BCUT2D eigenvalue weighted by Crippen LogP contribution is 1.99. The van der Waals surface area contributed by atoms with Crippen LogP contribution in [-0.2, 0) is 0 Å². The molecule has 0 rings (SSSR count). The Hall–Kier alpha value is -0.130. The van der Waals surface area contributed by atoms with E-state index in [2.05, 4.69) is 24.4 Å². The molecular weight excluding hydrogens is 154 g/mol. The van der Waals surface area contributed by atoms with E-state index in [1.54, 1.807) is 0 Å². The maximum absolute atomic E-state index is 5.12. The number of hydrogen-bond donors (Lipinski definition) is 1. The molecule has 2 heteroatoms. The monoisotopic (exact) mass is 171 g/mol. The van der Waals surface area contributed by atoms with Crippen molar-refractivity contribution in [2.75, 3.05) is 18.6 Å². The van der Waals surface area contributed by atoms with Crippen molar-refractivity contribution in [3.8, 4) is 12.3 Å². The summed E-state index contributed by atoms with van der Waals surface area (Å²) in [7, 11) is 0. The Morgan fingerprint density at radius 1 is 1.64 bits per heavy atom. The van der Waals surface area contributed by atoms with Gasteiger partial charge in [-0.25, -0.2) is 0 Å². The number of hydrogen-bond acceptors (Lipinski definition) is 2. The Bertz CT molecular complexity index is 117. The lowest BCUT2D eigenvalue weighted by atomic mass is 10.2. The molecule has 1 nitrogen and oxygen atoms in total. The van der Waals surface area contributed by atoms with Crippen molar-refractivity contribution < 1.29 is 0 Å². The zero-order chi connectivity index (χ0) is 8.53. The summed E-state index contributed by atoms with van der Waals surface area (Å²) in [5, 5.41) is 3.36. The Balaban J connectivity index is 3.10. The van der Waals surface area contributed by atoms with Crippen LogP contribution in [0.3, 0.4) is 0 Å². The highest BCUT2D eigenvalue weighted by molar-refractivity contribution is 7.98. The average Bonchev–Trinajstić information content (AvgIpc) is 2.01. The van der Waals surface area contributed by atoms with Crippen molar-refractivity contribution in [1.29, 1.82) is 0 Å². The van der Waals surface area contributed by atoms with Gasteiger partial charge in [0, 0.05) is 19.0 Å². The van der Waals surface area contributed by atoms with Crippen LogP contribution in [0, 0.1) is 12.3 Å². The number of nitrogens with one attached hydrogen (secondary N) is 1. The zero-order valence-electron chi connectivity index (χ0n) is 7.39. The van der Waals surface area contributed by atoms with Gasteiger partial charge in [-0.15, -0.1) is 12.3 Å². The molecule has 0 heterocycles. The van der Waals surface area contributed by atoms with Crippen molar-refractivity contribution in [1.82, 2.24) is 5.32 Å². The maximum Gasteiger partial charge on any atom is 0.0211 e. The summed E-state index contributed by atoms with van der Waals surface area (Å²) >= 11 is 1.89. The third-order valence-electron chi connectivity index (χ3n) is 1.52. The molecule has 64 valence electrons. The van der Waals surface area contributed by atoms with Crippen molar-refractivity contribution in [2.45, 2.75) is 25.8 Å². The lowest BCUT2D eigenvalue weighted by Crippen LogP contribution is -2.27. The molecule has 0 aliphatic rings. The normalized spacial score (nSPS) is 12.5. The van der Waals surface area contributed by atoms with Gasteiger partial charge in [0.15, 0.2) is 0 Å². The smallest absolute Gasteiger partial charge is 0.0211 e. The van der Waals surface area contributed by atoms with Gasteiger partial charge in [-0.2, -0.15) is 11.8 Å². The van der Waals surface area contributed by atoms with Crippen molar-refractivity contribution in [3.05, 3.63) is 0 Å². The molecule has 0 aromatic heterocycles. The standard InChI is InChI=1S/C9H17NS/c1-4-5-7-10-9(2)6-8-11-3/h1,9-10H,5-8H2,2-3H3. The molecule has 1 unspecified atom stereocenters. The van der Waals surface area contributed by atoms with Gasteiger partial charge >= 0.3 is 0 Å². The Morgan fingerprint density at radius 3 is 2.91 bits per heavy atom. The van der Waals surface area contributed by atoms with Crippen LogP contribution < -0.4 is 5.32 Å². The largest absolute Gasteiger partial charge is 0.313 e. The first-order valence-electron chi connectivity index (χ1n) is 3.97. The summed E-state index contributed by atoms with van der Waals surface area (Å²) < 4.78 is 0. The molecule has 0 bridgehead atoms. The van der Waals surface area contributed by atoms with E-state index in [-0.39, 0.29) is 0 Å². The van der Waals surface area contributed by atoms with Crippen molar-refractivity contribution in [2.24, 2.45) is 0 Å². The minimum absolute atomic E-state index is 0.607. The van der Waals surface area contributed by atoms with Gasteiger partial charge in [-0.05, 0) is 25.4 Å². The molecule has 11 heavy (non-hydrogen) atoms. The van der Waals surface area contributed by atoms with Gasteiger partial charge in [-0.1, -0.05) is 0 Å². The predicted octanol–water partition coefficient (Wildman–Crippen LogP) is 1.74. The molecule has 0 aliphatic carbocycles. The molecule has 0 saturated carbocycles. The average molecular weight is 171 g/mol. The van der Waals surface area contributed by atoms with E-state index in [4.69, 9.17) is 6.42 Å². The van der Waals surface area contributed by atoms with E-state index in [1.165, 1.54) is 12.2 Å². The predicted molar refractivity (Wildman–Crippen MR) is 53.9 cm³/mol. The molecule has 1 N–H and O–H groups in total. The second-order valence-electron chi connectivity index (χ2n) is 2.59. The second kappa shape index (κ2) is 7.97. The third-order valence-corrected chi connectivity index (χ3v) is 2.16. The SMILES string of the molecule is C#CCCNC(C)CCSC. The molecule has 0 amide bonds. The van der Waals surface area contributed by atoms with Crippen LogP contribution in [0.2, 0.25) is 0 Å². The summed E-state index contributed by atoms with van der Waals surface area (Å²) in [6.45, 7) is 3.15. The highest BCUT2D eigenvalue weighted by Gasteiger charge is 1.97. The highest BCUT2D eigenvalue weighted by atomic mass is 32.2. The van der Waals surface area contributed by atoms with E-state index >= 15 is 0 Å². The Kier molecular flexibility index (Phi) is 7.88. The Labute approximate surface area is 74.3 Å². The fourth-order valence-corrected chi connectivity index (χ4v) is 1.38. The molecule has 1 atom stereocenters. The molecule has 0 saturated heterocycles. The lowest BCUT2D eigenvalue weighted by Gasteiger charge is -2.10. The first-order valence-corrected chi connectivity index (χ1v) is 5.36. The minimum atomic E-state index is 0.607. The van der Waals surface area contributed by atoms with E-state index in [9.17, 15) is 0 Å². The Morgan fingerprint density at radius 2 is 2.36 bits per heavy atom. The number of thioether (sulfide) groups is 1. The lowest BCUT2D eigenvalue weighted by molar-refractivity contribution is 0.546. The van der Waals surface area contributed by atoms with Crippen molar-refractivity contribution in [3.63, 3.8) is 0 Å². The van der Waals surface area contributed by atoms with Crippen LogP contribution >= 0.6 is 11.8 Å².